The van der Waals surface area contributed by atoms with Gasteiger partial charge >= 0.3 is 6.09 Å². The molecular formula is C39H50FN3O5Si. The van der Waals surface area contributed by atoms with E-state index in [-0.39, 0.29) is 29.8 Å². The fraction of sp³-hybridized carbons (Fsp3) is 0.462. The number of pyridine rings is 1. The largest absolute Gasteiger partial charge is 0.530 e. The Morgan fingerprint density at radius 3 is 2.22 bits per heavy atom. The lowest BCUT2D eigenvalue weighted by Crippen LogP contribution is -2.51. The molecule has 2 amide bonds. The Bertz CT molecular complexity index is 1700. The second kappa shape index (κ2) is 14.2. The number of benzene rings is 2. The number of carbonyl (C=O) groups excluding carboxylic acids is 2. The van der Waals surface area contributed by atoms with Crippen molar-refractivity contribution in [3.63, 3.8) is 0 Å². The Hall–Kier alpha value is -4.36. The van der Waals surface area contributed by atoms with Crippen molar-refractivity contribution in [2.24, 2.45) is 0 Å². The van der Waals surface area contributed by atoms with Gasteiger partial charge in [0.25, 0.3) is 8.32 Å². The van der Waals surface area contributed by atoms with Gasteiger partial charge in [-0.3, -0.25) is 4.79 Å². The first kappa shape index (κ1) is 37.5. The van der Waals surface area contributed by atoms with Crippen LogP contribution in [-0.2, 0) is 27.8 Å². The number of fused-ring (bicyclic) bond motifs is 1. The Balaban J connectivity index is 1.76. The number of anilines is 1. The van der Waals surface area contributed by atoms with E-state index in [0.29, 0.717) is 30.3 Å². The van der Waals surface area contributed by atoms with Gasteiger partial charge in [0.1, 0.15) is 29.8 Å². The van der Waals surface area contributed by atoms with Crippen LogP contribution in [0.4, 0.5) is 14.9 Å². The van der Waals surface area contributed by atoms with Crippen molar-refractivity contribution in [2.45, 2.75) is 103 Å². The number of aromatic nitrogens is 1. The molecule has 10 heteroatoms. The minimum absolute atomic E-state index is 0.0788. The minimum Gasteiger partial charge on any atom is -0.530 e. The highest BCUT2D eigenvalue weighted by molar-refractivity contribution is 6.74. The maximum atomic E-state index is 14.6. The molecule has 3 aromatic rings. The van der Waals surface area contributed by atoms with E-state index in [1.165, 1.54) is 12.1 Å². The molecule has 1 aliphatic heterocycles. The topological polar surface area (TPSA) is 90.0 Å². The van der Waals surface area contributed by atoms with Gasteiger partial charge < -0.3 is 24.1 Å². The molecule has 1 aliphatic rings. The summed E-state index contributed by atoms with van der Waals surface area (Å²) < 4.78 is 31.7. The molecule has 2 aromatic carbocycles. The van der Waals surface area contributed by atoms with Gasteiger partial charge in [-0.2, -0.15) is 0 Å². The number of hydrogen-bond donors (Lipinski definition) is 1. The first-order chi connectivity index (χ1) is 22.7. The Kier molecular flexibility index (Phi) is 10.9. The number of amides is 2. The third kappa shape index (κ3) is 9.42. The predicted molar refractivity (Wildman–Crippen MR) is 194 cm³/mol. The van der Waals surface area contributed by atoms with Crippen molar-refractivity contribution in [2.75, 3.05) is 18.1 Å². The monoisotopic (exact) mass is 687 g/mol. The lowest BCUT2D eigenvalue weighted by molar-refractivity contribution is -0.120. The zero-order chi connectivity index (χ0) is 36.4. The molecule has 0 spiro atoms. The zero-order valence-corrected chi connectivity index (χ0v) is 31.5. The molecule has 0 radical (unpaired) electrons. The van der Waals surface area contributed by atoms with Gasteiger partial charge in [0.15, 0.2) is 0 Å². The van der Waals surface area contributed by atoms with E-state index in [0.717, 1.165) is 22.4 Å². The number of terminal acetylenes is 1. The molecule has 2 heterocycles. The van der Waals surface area contributed by atoms with Gasteiger partial charge in [-0.15, -0.1) is 6.42 Å². The van der Waals surface area contributed by atoms with Crippen LogP contribution in [0.25, 0.3) is 0 Å². The van der Waals surface area contributed by atoms with E-state index in [1.807, 2.05) is 32.0 Å². The highest BCUT2D eigenvalue weighted by Gasteiger charge is 2.44. The first-order valence-corrected chi connectivity index (χ1v) is 19.5. The minimum atomic E-state index is -2.32. The third-order valence-electron chi connectivity index (χ3n) is 8.93. The summed E-state index contributed by atoms with van der Waals surface area (Å²) in [6, 6.07) is 14.6. The Morgan fingerprint density at radius 1 is 1.04 bits per heavy atom. The number of nitrogens with one attached hydrogen (secondary N) is 1. The van der Waals surface area contributed by atoms with Gasteiger partial charge in [0, 0.05) is 30.4 Å². The number of alkyl carbamates (subject to hydrolysis) is 1. The van der Waals surface area contributed by atoms with E-state index in [1.54, 1.807) is 49.9 Å². The van der Waals surface area contributed by atoms with Crippen molar-refractivity contribution >= 4 is 26.0 Å². The van der Waals surface area contributed by atoms with Gasteiger partial charge in [0.2, 0.25) is 11.8 Å². The van der Waals surface area contributed by atoms with Crippen LogP contribution < -0.4 is 19.4 Å². The quantitative estimate of drug-likeness (QED) is 0.172. The maximum Gasteiger partial charge on any atom is 0.408 e. The lowest BCUT2D eigenvalue weighted by atomic mass is 9.91. The van der Waals surface area contributed by atoms with Crippen LogP contribution in [0, 0.1) is 18.2 Å². The normalized spacial score (nSPS) is 14.8. The van der Waals surface area contributed by atoms with Crippen molar-refractivity contribution in [3.8, 4) is 24.0 Å². The smallest absolute Gasteiger partial charge is 0.408 e. The van der Waals surface area contributed by atoms with Crippen molar-refractivity contribution in [3.05, 3.63) is 82.8 Å². The predicted octanol–water partition coefficient (Wildman–Crippen LogP) is 7.97. The number of hydrogen-bond acceptors (Lipinski definition) is 6. The van der Waals surface area contributed by atoms with Gasteiger partial charge in [0.05, 0.1) is 11.4 Å². The zero-order valence-electron chi connectivity index (χ0n) is 30.5. The number of nitrogens with zero attached hydrogens (tertiary/aromatic N) is 2. The third-order valence-corrected chi connectivity index (χ3v) is 13.2. The summed E-state index contributed by atoms with van der Waals surface area (Å²) in [4.78, 5) is 34.5. The summed E-state index contributed by atoms with van der Waals surface area (Å²) >= 11 is 0. The van der Waals surface area contributed by atoms with E-state index in [9.17, 15) is 14.0 Å². The number of rotatable bonds is 10. The van der Waals surface area contributed by atoms with Crippen LogP contribution in [0.15, 0.2) is 54.6 Å². The summed E-state index contributed by atoms with van der Waals surface area (Å²) in [5.74, 6) is 2.98. The van der Waals surface area contributed by atoms with Crippen molar-refractivity contribution in [1.29, 1.82) is 0 Å². The molecule has 0 fully saturated rings. The lowest BCUT2D eigenvalue weighted by Gasteiger charge is -2.36. The molecule has 0 saturated heterocycles. The van der Waals surface area contributed by atoms with E-state index in [4.69, 9.17) is 25.3 Å². The molecule has 262 valence electrons. The van der Waals surface area contributed by atoms with Crippen LogP contribution in [0.3, 0.4) is 0 Å². The van der Waals surface area contributed by atoms with Crippen LogP contribution in [-0.4, -0.2) is 50.1 Å². The Morgan fingerprint density at radius 2 is 1.65 bits per heavy atom. The average molecular weight is 688 g/mol. The number of carbonyl (C=O) groups is 2. The molecular weight excluding hydrogens is 638 g/mol. The average Bonchev–Trinajstić information content (AvgIpc) is 3.24. The fourth-order valence-electron chi connectivity index (χ4n) is 5.33. The van der Waals surface area contributed by atoms with Crippen molar-refractivity contribution in [1.82, 2.24) is 10.3 Å². The molecule has 1 N–H and O–H groups in total. The standard InChI is InChI=1S/C39H50FN3O5Si/c1-12-21-46-30-19-15-27(16-20-30)23-31(41-36(45)47-37(2,3)4)35(44)43-25-39(8,9)33-32(43)24-28(22-26-13-17-29(40)18-14-26)34(42-33)48-49(10,11)38(5,6)7/h1,13-20,24,31H,21-23,25H2,2-11H3,(H,41,45)/t31-/m0/s1. The second-order valence-electron chi connectivity index (χ2n) is 15.8. The highest BCUT2D eigenvalue weighted by atomic mass is 28.4. The molecule has 49 heavy (non-hydrogen) atoms. The van der Waals surface area contributed by atoms with Crippen LogP contribution in [0.5, 0.6) is 11.6 Å². The molecule has 4 rings (SSSR count). The van der Waals surface area contributed by atoms with Crippen LogP contribution in [0.1, 0.15) is 77.8 Å². The SMILES string of the molecule is C#CCOc1ccc(C[C@H](NC(=O)OC(C)(C)C)C(=O)N2CC(C)(C)c3nc(O[Si](C)(C)C(C)(C)C)c(Cc4ccc(F)cc4)cc32)cc1. The number of ether oxygens (including phenoxy) is 2. The summed E-state index contributed by atoms with van der Waals surface area (Å²) in [6.45, 7) is 20.8. The summed E-state index contributed by atoms with van der Waals surface area (Å²) in [6.07, 6.45) is 5.27. The van der Waals surface area contributed by atoms with Crippen LogP contribution >= 0.6 is 0 Å². The second-order valence-corrected chi connectivity index (χ2v) is 20.6. The number of halogens is 1. The fourth-order valence-corrected chi connectivity index (χ4v) is 6.30. The molecule has 0 saturated carbocycles. The van der Waals surface area contributed by atoms with Gasteiger partial charge in [-0.25, -0.2) is 14.2 Å². The molecule has 1 aromatic heterocycles. The Labute approximate surface area is 291 Å². The van der Waals surface area contributed by atoms with Gasteiger partial charge in [-0.1, -0.05) is 64.8 Å². The van der Waals surface area contributed by atoms with Crippen molar-refractivity contribution < 1.29 is 27.9 Å². The van der Waals surface area contributed by atoms with E-state index in [2.05, 4.69) is 45.1 Å². The first-order valence-electron chi connectivity index (χ1n) is 16.6. The van der Waals surface area contributed by atoms with E-state index < -0.39 is 31.5 Å². The highest BCUT2D eigenvalue weighted by Crippen LogP contribution is 2.44. The summed E-state index contributed by atoms with van der Waals surface area (Å²) in [5.41, 5.74) is 2.62. The molecule has 1 atom stereocenters. The molecule has 0 aliphatic carbocycles. The molecule has 0 unspecified atom stereocenters. The van der Waals surface area contributed by atoms with Gasteiger partial charge in [-0.05, 0) is 80.4 Å². The summed E-state index contributed by atoms with van der Waals surface area (Å²) in [5, 5.41) is 2.76. The maximum absolute atomic E-state index is 14.6. The van der Waals surface area contributed by atoms with E-state index >= 15 is 0 Å². The molecule has 8 nitrogen and oxygen atoms in total. The molecule has 0 bridgehead atoms. The summed E-state index contributed by atoms with van der Waals surface area (Å²) in [7, 11) is -2.32. The van der Waals surface area contributed by atoms with Crippen LogP contribution in [0.2, 0.25) is 18.1 Å².